The highest BCUT2D eigenvalue weighted by molar-refractivity contribution is 7.99. The lowest BCUT2D eigenvalue weighted by Gasteiger charge is -2.28. The van der Waals surface area contributed by atoms with Crippen LogP contribution in [-0.4, -0.2) is 38.0 Å². The minimum Gasteiger partial charge on any atom is -0.337 e. The number of amides is 1. The van der Waals surface area contributed by atoms with E-state index < -0.39 is 0 Å². The highest BCUT2D eigenvalue weighted by Gasteiger charge is 2.22. The van der Waals surface area contributed by atoms with Crippen molar-refractivity contribution in [2.24, 2.45) is 0 Å². The van der Waals surface area contributed by atoms with E-state index in [1.807, 2.05) is 17.0 Å². The summed E-state index contributed by atoms with van der Waals surface area (Å²) in [6.45, 7) is 1.36. The van der Waals surface area contributed by atoms with Gasteiger partial charge in [-0.1, -0.05) is 59.2 Å². The van der Waals surface area contributed by atoms with Crippen molar-refractivity contribution >= 4 is 40.9 Å². The second-order valence-corrected chi connectivity index (χ2v) is 8.21. The number of aromatic nitrogens is 3. The number of hydrogen-bond donors (Lipinski definition) is 1. The first kappa shape index (κ1) is 19.1. The van der Waals surface area contributed by atoms with Gasteiger partial charge in [0, 0.05) is 23.7 Å². The summed E-state index contributed by atoms with van der Waals surface area (Å²) in [5.74, 6) is 6.84. The molecule has 2 N–H and O–H groups in total. The topological polar surface area (TPSA) is 77.0 Å². The fourth-order valence-electron chi connectivity index (χ4n) is 3.16. The standard InChI is InChI=1S/C19H17Cl2N5OS/c20-14-5-6-15(16(21)9-14)18-23-24-19(26(18)22)28-11-17(27)25-8-7-12-3-1-2-4-13(12)10-25/h1-6,9H,7-8,10-11,22H2. The molecule has 0 spiro atoms. The molecular weight excluding hydrogens is 417 g/mol. The smallest absolute Gasteiger partial charge is 0.233 e. The first-order valence-electron chi connectivity index (χ1n) is 8.66. The molecule has 6 nitrogen and oxygen atoms in total. The number of nitrogens with two attached hydrogens (primary N) is 1. The zero-order valence-electron chi connectivity index (χ0n) is 14.8. The van der Waals surface area contributed by atoms with Crippen LogP contribution in [0.2, 0.25) is 10.0 Å². The van der Waals surface area contributed by atoms with E-state index in [2.05, 4.69) is 22.3 Å². The molecule has 9 heteroatoms. The predicted octanol–water partition coefficient (Wildman–Crippen LogP) is 3.64. The number of hydrogen-bond acceptors (Lipinski definition) is 5. The Morgan fingerprint density at radius 2 is 1.93 bits per heavy atom. The zero-order chi connectivity index (χ0) is 19.7. The summed E-state index contributed by atoms with van der Waals surface area (Å²) in [6, 6.07) is 13.3. The molecule has 1 aliphatic heterocycles. The zero-order valence-corrected chi connectivity index (χ0v) is 17.1. The molecule has 2 heterocycles. The number of nitrogens with zero attached hydrogens (tertiary/aromatic N) is 4. The number of carbonyl (C=O) groups is 1. The van der Waals surface area contributed by atoms with Gasteiger partial charge < -0.3 is 10.7 Å². The minimum atomic E-state index is 0.0496. The average Bonchev–Trinajstić information content (AvgIpc) is 3.06. The van der Waals surface area contributed by atoms with Gasteiger partial charge in [0.1, 0.15) is 0 Å². The first-order chi connectivity index (χ1) is 13.5. The van der Waals surface area contributed by atoms with Gasteiger partial charge in [-0.25, -0.2) is 4.68 Å². The van der Waals surface area contributed by atoms with Crippen molar-refractivity contribution in [1.29, 1.82) is 0 Å². The Balaban J connectivity index is 1.43. The molecule has 1 aromatic heterocycles. The van der Waals surface area contributed by atoms with Crippen LogP contribution < -0.4 is 5.84 Å². The summed E-state index contributed by atoms with van der Waals surface area (Å²) < 4.78 is 1.35. The van der Waals surface area contributed by atoms with Crippen LogP contribution in [0.4, 0.5) is 0 Å². The lowest BCUT2D eigenvalue weighted by molar-refractivity contribution is -0.129. The van der Waals surface area contributed by atoms with Crippen molar-refractivity contribution in [2.75, 3.05) is 18.1 Å². The molecule has 144 valence electrons. The van der Waals surface area contributed by atoms with Gasteiger partial charge in [0.05, 0.1) is 10.8 Å². The normalized spacial score (nSPS) is 13.4. The van der Waals surface area contributed by atoms with Crippen LogP contribution in [0.25, 0.3) is 11.4 Å². The van der Waals surface area contributed by atoms with Crippen molar-refractivity contribution < 1.29 is 4.79 Å². The van der Waals surface area contributed by atoms with Gasteiger partial charge in [0.2, 0.25) is 11.1 Å². The van der Waals surface area contributed by atoms with E-state index in [-0.39, 0.29) is 11.7 Å². The second-order valence-electron chi connectivity index (χ2n) is 6.42. The van der Waals surface area contributed by atoms with Crippen LogP contribution in [0.1, 0.15) is 11.1 Å². The maximum absolute atomic E-state index is 12.6. The number of thioether (sulfide) groups is 1. The monoisotopic (exact) mass is 433 g/mol. The molecule has 0 saturated heterocycles. The molecule has 28 heavy (non-hydrogen) atoms. The maximum Gasteiger partial charge on any atom is 0.233 e. The number of carbonyl (C=O) groups excluding carboxylic acids is 1. The van der Waals surface area contributed by atoms with Crippen LogP contribution in [-0.2, 0) is 17.8 Å². The Morgan fingerprint density at radius 3 is 2.71 bits per heavy atom. The summed E-state index contributed by atoms with van der Waals surface area (Å²) in [6.07, 6.45) is 0.874. The molecule has 1 aliphatic rings. The van der Waals surface area contributed by atoms with Crippen LogP contribution in [0.5, 0.6) is 0 Å². The lowest BCUT2D eigenvalue weighted by Crippen LogP contribution is -2.37. The van der Waals surface area contributed by atoms with Gasteiger partial charge in [0.15, 0.2) is 5.82 Å². The third-order valence-electron chi connectivity index (χ3n) is 4.64. The number of fused-ring (bicyclic) bond motifs is 1. The molecule has 4 rings (SSSR count). The summed E-state index contributed by atoms with van der Waals surface area (Å²) in [5, 5.41) is 9.62. The Bertz CT molecular complexity index is 1040. The molecule has 3 aromatic rings. The van der Waals surface area contributed by atoms with E-state index in [9.17, 15) is 4.79 Å². The largest absolute Gasteiger partial charge is 0.337 e. The third kappa shape index (κ3) is 3.83. The van der Waals surface area contributed by atoms with E-state index in [0.717, 1.165) is 13.0 Å². The molecule has 1 amide bonds. The quantitative estimate of drug-likeness (QED) is 0.501. The van der Waals surface area contributed by atoms with Gasteiger partial charge in [-0.2, -0.15) is 0 Å². The van der Waals surface area contributed by atoms with E-state index in [4.69, 9.17) is 29.0 Å². The number of nitrogen functional groups attached to an aromatic ring is 1. The Labute approximate surface area is 176 Å². The maximum atomic E-state index is 12.6. The predicted molar refractivity (Wildman–Crippen MR) is 112 cm³/mol. The highest BCUT2D eigenvalue weighted by Crippen LogP contribution is 2.30. The van der Waals surface area contributed by atoms with Crippen LogP contribution in [0.15, 0.2) is 47.6 Å². The van der Waals surface area contributed by atoms with Crippen molar-refractivity contribution in [1.82, 2.24) is 19.8 Å². The first-order valence-corrected chi connectivity index (χ1v) is 10.4. The number of rotatable bonds is 4. The molecule has 0 fully saturated rings. The minimum absolute atomic E-state index is 0.0496. The van der Waals surface area contributed by atoms with E-state index in [1.54, 1.807) is 18.2 Å². The number of halogens is 2. The van der Waals surface area contributed by atoms with E-state index in [0.29, 0.717) is 33.1 Å². The highest BCUT2D eigenvalue weighted by atomic mass is 35.5. The molecule has 0 unspecified atom stereocenters. The van der Waals surface area contributed by atoms with E-state index >= 15 is 0 Å². The summed E-state index contributed by atoms with van der Waals surface area (Å²) >= 11 is 13.4. The second kappa shape index (κ2) is 8.03. The van der Waals surface area contributed by atoms with Gasteiger partial charge in [-0.15, -0.1) is 10.2 Å². The van der Waals surface area contributed by atoms with Gasteiger partial charge in [0.25, 0.3) is 0 Å². The van der Waals surface area contributed by atoms with Crippen LogP contribution >= 0.6 is 35.0 Å². The summed E-state index contributed by atoms with van der Waals surface area (Å²) in [5.41, 5.74) is 3.14. The van der Waals surface area contributed by atoms with Crippen molar-refractivity contribution in [3.8, 4) is 11.4 Å². The lowest BCUT2D eigenvalue weighted by atomic mass is 10.00. The van der Waals surface area contributed by atoms with Crippen LogP contribution in [0, 0.1) is 0 Å². The molecule has 0 radical (unpaired) electrons. The molecule has 0 atom stereocenters. The molecular formula is C19H17Cl2N5OS. The molecule has 0 aliphatic carbocycles. The Morgan fingerprint density at radius 1 is 1.14 bits per heavy atom. The SMILES string of the molecule is Nn1c(SCC(=O)N2CCc3ccccc3C2)nnc1-c1ccc(Cl)cc1Cl. The fourth-order valence-corrected chi connectivity index (χ4v) is 4.41. The van der Waals surface area contributed by atoms with Gasteiger partial charge in [-0.05, 0) is 35.7 Å². The van der Waals surface area contributed by atoms with Gasteiger partial charge in [-0.3, -0.25) is 4.79 Å². The molecule has 0 saturated carbocycles. The third-order valence-corrected chi connectivity index (χ3v) is 6.12. The Hall–Kier alpha value is -2.22. The van der Waals surface area contributed by atoms with Gasteiger partial charge >= 0.3 is 0 Å². The average molecular weight is 434 g/mol. The van der Waals surface area contributed by atoms with Crippen molar-refractivity contribution in [2.45, 2.75) is 18.1 Å². The molecule has 0 bridgehead atoms. The summed E-state index contributed by atoms with van der Waals surface area (Å²) in [7, 11) is 0. The van der Waals surface area contributed by atoms with Crippen LogP contribution in [0.3, 0.4) is 0 Å². The van der Waals surface area contributed by atoms with E-state index in [1.165, 1.54) is 27.6 Å². The summed E-state index contributed by atoms with van der Waals surface area (Å²) in [4.78, 5) is 14.5. The fraction of sp³-hybridized carbons (Fsp3) is 0.211. The van der Waals surface area contributed by atoms with Crippen molar-refractivity contribution in [3.05, 3.63) is 63.6 Å². The van der Waals surface area contributed by atoms with Crippen molar-refractivity contribution in [3.63, 3.8) is 0 Å². The number of benzene rings is 2. The Kier molecular flexibility index (Phi) is 5.48. The molecule has 2 aromatic carbocycles.